The number of ether oxygens (including phenoxy) is 2. The van der Waals surface area contributed by atoms with Gasteiger partial charge in [0, 0.05) is 4.88 Å². The lowest BCUT2D eigenvalue weighted by atomic mass is 10.2. The van der Waals surface area contributed by atoms with E-state index in [1.807, 2.05) is 43.3 Å². The first-order chi connectivity index (χ1) is 14.6. The third-order valence-electron chi connectivity index (χ3n) is 4.90. The van der Waals surface area contributed by atoms with Crippen LogP contribution in [0.3, 0.4) is 0 Å². The molecule has 7 nitrogen and oxygen atoms in total. The number of aryl methyl sites for hydroxylation is 2. The SMILES string of the molecule is CCOc1ccc(OCc2ccc(-c3nc4c5c(C)c(C)sc5ncn4n3)o2)cc1. The molecule has 0 aliphatic rings. The van der Waals surface area contributed by atoms with E-state index in [1.165, 1.54) is 10.4 Å². The maximum absolute atomic E-state index is 5.92. The average Bonchev–Trinajstić information content (AvgIpc) is 3.45. The molecule has 0 aliphatic carbocycles. The minimum absolute atomic E-state index is 0.315. The molecule has 0 unspecified atom stereocenters. The van der Waals surface area contributed by atoms with Crippen molar-refractivity contribution in [3.8, 4) is 23.1 Å². The third kappa shape index (κ3) is 3.29. The number of hydrogen-bond acceptors (Lipinski definition) is 7. The Morgan fingerprint density at radius 1 is 1.03 bits per heavy atom. The fraction of sp³-hybridized carbons (Fsp3) is 0.227. The van der Waals surface area contributed by atoms with Crippen molar-refractivity contribution in [2.45, 2.75) is 27.4 Å². The normalized spacial score (nSPS) is 11.4. The molecule has 30 heavy (non-hydrogen) atoms. The molecule has 0 saturated carbocycles. The van der Waals surface area contributed by atoms with Gasteiger partial charge in [0.15, 0.2) is 11.4 Å². The average molecular weight is 420 g/mol. The van der Waals surface area contributed by atoms with Gasteiger partial charge in [0.25, 0.3) is 0 Å². The van der Waals surface area contributed by atoms with E-state index in [1.54, 1.807) is 22.2 Å². The molecule has 0 bridgehead atoms. The minimum atomic E-state index is 0.315. The summed E-state index contributed by atoms with van der Waals surface area (Å²) in [4.78, 5) is 11.4. The molecular weight excluding hydrogens is 400 g/mol. The number of aromatic nitrogens is 4. The molecule has 1 aromatic carbocycles. The van der Waals surface area contributed by atoms with Gasteiger partial charge in [-0.25, -0.2) is 14.5 Å². The van der Waals surface area contributed by atoms with Crippen molar-refractivity contribution in [1.82, 2.24) is 19.6 Å². The van der Waals surface area contributed by atoms with Crippen LogP contribution in [0.15, 0.2) is 47.1 Å². The first kappa shape index (κ1) is 18.6. The molecule has 4 aromatic heterocycles. The zero-order chi connectivity index (χ0) is 20.7. The highest BCUT2D eigenvalue weighted by Gasteiger charge is 2.17. The second-order valence-corrected chi connectivity index (χ2v) is 8.07. The predicted octanol–water partition coefficient (Wildman–Crippen LogP) is 5.19. The summed E-state index contributed by atoms with van der Waals surface area (Å²) in [7, 11) is 0. The number of benzene rings is 1. The Morgan fingerprint density at radius 2 is 1.80 bits per heavy atom. The van der Waals surface area contributed by atoms with Crippen LogP contribution >= 0.6 is 11.3 Å². The first-order valence-electron chi connectivity index (χ1n) is 9.68. The van der Waals surface area contributed by atoms with Gasteiger partial charge in [-0.15, -0.1) is 16.4 Å². The summed E-state index contributed by atoms with van der Waals surface area (Å²) < 4.78 is 18.9. The van der Waals surface area contributed by atoms with Crippen molar-refractivity contribution in [2.24, 2.45) is 0 Å². The number of rotatable bonds is 6. The smallest absolute Gasteiger partial charge is 0.217 e. The summed E-state index contributed by atoms with van der Waals surface area (Å²) in [6, 6.07) is 11.3. The van der Waals surface area contributed by atoms with Crippen molar-refractivity contribution < 1.29 is 13.9 Å². The lowest BCUT2D eigenvalue weighted by Gasteiger charge is -2.06. The standard InChI is InChI=1S/C22H20N4O3S/c1-4-27-15-5-7-16(8-6-15)28-11-17-9-10-18(29-17)20-24-21-19-13(2)14(3)30-22(19)23-12-26(21)25-20/h5-10,12H,4,11H2,1-3H3. The molecule has 0 N–H and O–H groups in total. The number of thiophene rings is 1. The third-order valence-corrected chi connectivity index (χ3v) is 6.02. The Bertz CT molecular complexity index is 1330. The van der Waals surface area contributed by atoms with Crippen LogP contribution in [0.2, 0.25) is 0 Å². The van der Waals surface area contributed by atoms with Crippen LogP contribution in [-0.4, -0.2) is 26.2 Å². The molecule has 8 heteroatoms. The molecule has 4 heterocycles. The van der Waals surface area contributed by atoms with Crippen LogP contribution in [0.4, 0.5) is 0 Å². The van der Waals surface area contributed by atoms with E-state index < -0.39 is 0 Å². The number of nitrogens with zero attached hydrogens (tertiary/aromatic N) is 4. The molecular formula is C22H20N4O3S. The Kier molecular flexibility index (Phi) is 4.63. The van der Waals surface area contributed by atoms with Crippen molar-refractivity contribution in [2.75, 3.05) is 6.61 Å². The van der Waals surface area contributed by atoms with Crippen molar-refractivity contribution >= 4 is 27.2 Å². The summed E-state index contributed by atoms with van der Waals surface area (Å²) in [6.07, 6.45) is 1.70. The van der Waals surface area contributed by atoms with E-state index in [2.05, 4.69) is 23.9 Å². The monoisotopic (exact) mass is 420 g/mol. The van der Waals surface area contributed by atoms with Crippen molar-refractivity contribution in [1.29, 1.82) is 0 Å². The molecule has 0 aliphatic heterocycles. The summed E-state index contributed by atoms with van der Waals surface area (Å²) in [5.41, 5.74) is 1.98. The van der Waals surface area contributed by atoms with E-state index in [0.29, 0.717) is 30.6 Å². The summed E-state index contributed by atoms with van der Waals surface area (Å²) in [5.74, 6) is 3.40. The molecule has 0 amide bonds. The van der Waals surface area contributed by atoms with E-state index in [9.17, 15) is 0 Å². The first-order valence-corrected chi connectivity index (χ1v) is 10.5. The molecule has 5 aromatic rings. The Hall–Kier alpha value is -3.39. The molecule has 5 rings (SSSR count). The number of hydrogen-bond donors (Lipinski definition) is 0. The Morgan fingerprint density at radius 3 is 2.57 bits per heavy atom. The summed E-state index contributed by atoms with van der Waals surface area (Å²) >= 11 is 1.67. The molecule has 0 spiro atoms. The summed E-state index contributed by atoms with van der Waals surface area (Å²) in [5, 5.41) is 5.59. The maximum atomic E-state index is 5.92. The quantitative estimate of drug-likeness (QED) is 0.376. The lowest BCUT2D eigenvalue weighted by molar-refractivity contribution is 0.271. The Balaban J connectivity index is 1.37. The van der Waals surface area contributed by atoms with Crippen LogP contribution in [0.25, 0.3) is 27.4 Å². The van der Waals surface area contributed by atoms with Gasteiger partial charge >= 0.3 is 0 Å². The van der Waals surface area contributed by atoms with Crippen LogP contribution < -0.4 is 9.47 Å². The summed E-state index contributed by atoms with van der Waals surface area (Å²) in [6.45, 7) is 7.10. The topological polar surface area (TPSA) is 74.7 Å². The van der Waals surface area contributed by atoms with Gasteiger partial charge in [-0.05, 0) is 62.7 Å². The van der Waals surface area contributed by atoms with E-state index in [0.717, 1.165) is 27.4 Å². The van der Waals surface area contributed by atoms with E-state index in [-0.39, 0.29) is 0 Å². The molecule has 0 atom stereocenters. The van der Waals surface area contributed by atoms with Gasteiger partial charge in [0.2, 0.25) is 5.82 Å². The zero-order valence-corrected chi connectivity index (χ0v) is 17.7. The van der Waals surface area contributed by atoms with Gasteiger partial charge < -0.3 is 13.9 Å². The molecule has 0 saturated heterocycles. The highest BCUT2D eigenvalue weighted by atomic mass is 32.1. The van der Waals surface area contributed by atoms with Gasteiger partial charge in [-0.1, -0.05) is 0 Å². The second kappa shape index (κ2) is 7.46. The molecule has 0 radical (unpaired) electrons. The van der Waals surface area contributed by atoms with E-state index in [4.69, 9.17) is 18.9 Å². The highest BCUT2D eigenvalue weighted by molar-refractivity contribution is 7.18. The molecule has 0 fully saturated rings. The van der Waals surface area contributed by atoms with Crippen LogP contribution in [0, 0.1) is 13.8 Å². The predicted molar refractivity (Wildman–Crippen MR) is 115 cm³/mol. The fourth-order valence-corrected chi connectivity index (χ4v) is 4.27. The van der Waals surface area contributed by atoms with Gasteiger partial charge in [0.05, 0.1) is 12.0 Å². The molecule has 152 valence electrons. The van der Waals surface area contributed by atoms with Gasteiger partial charge in [0.1, 0.15) is 35.0 Å². The van der Waals surface area contributed by atoms with Crippen molar-refractivity contribution in [3.63, 3.8) is 0 Å². The van der Waals surface area contributed by atoms with Crippen LogP contribution in [0.5, 0.6) is 11.5 Å². The number of furan rings is 1. The van der Waals surface area contributed by atoms with E-state index >= 15 is 0 Å². The number of fused-ring (bicyclic) bond motifs is 3. The highest BCUT2D eigenvalue weighted by Crippen LogP contribution is 2.32. The Labute approximate surface area is 176 Å². The fourth-order valence-electron chi connectivity index (χ4n) is 3.28. The van der Waals surface area contributed by atoms with Gasteiger partial charge in [-0.2, -0.15) is 0 Å². The van der Waals surface area contributed by atoms with Gasteiger partial charge in [-0.3, -0.25) is 0 Å². The van der Waals surface area contributed by atoms with Crippen LogP contribution in [-0.2, 0) is 6.61 Å². The maximum Gasteiger partial charge on any atom is 0.217 e. The minimum Gasteiger partial charge on any atom is -0.494 e. The second-order valence-electron chi connectivity index (χ2n) is 6.87. The largest absolute Gasteiger partial charge is 0.494 e. The zero-order valence-electron chi connectivity index (χ0n) is 16.9. The lowest BCUT2D eigenvalue weighted by Crippen LogP contribution is -1.94. The van der Waals surface area contributed by atoms with Crippen molar-refractivity contribution in [3.05, 3.63) is 58.9 Å². The van der Waals surface area contributed by atoms with Crippen LogP contribution in [0.1, 0.15) is 23.1 Å².